The van der Waals surface area contributed by atoms with Gasteiger partial charge < -0.3 is 13.9 Å². The lowest BCUT2D eigenvalue weighted by Crippen LogP contribution is -2.02. The van der Waals surface area contributed by atoms with Crippen LogP contribution in [0.2, 0.25) is 0 Å². The fourth-order valence-electron chi connectivity index (χ4n) is 2.15. The zero-order chi connectivity index (χ0) is 15.5. The van der Waals surface area contributed by atoms with E-state index in [2.05, 4.69) is 14.7 Å². The van der Waals surface area contributed by atoms with Crippen molar-refractivity contribution < 1.29 is 13.5 Å². The van der Waals surface area contributed by atoms with Crippen LogP contribution in [-0.4, -0.2) is 25.7 Å². The molecule has 0 spiro atoms. The molecule has 5 nitrogen and oxygen atoms in total. The van der Waals surface area contributed by atoms with Crippen molar-refractivity contribution in [1.29, 1.82) is 0 Å². The molecule has 114 valence electrons. The van der Waals surface area contributed by atoms with Crippen LogP contribution in [0.4, 0.5) is 8.78 Å². The highest BCUT2D eigenvalue weighted by Crippen LogP contribution is 2.19. The van der Waals surface area contributed by atoms with Gasteiger partial charge in [0.05, 0.1) is 24.3 Å². The molecule has 3 aromatic rings. The van der Waals surface area contributed by atoms with E-state index < -0.39 is 6.61 Å². The zero-order valence-corrected chi connectivity index (χ0v) is 11.9. The van der Waals surface area contributed by atoms with Gasteiger partial charge in [0.25, 0.3) is 0 Å². The van der Waals surface area contributed by atoms with E-state index in [0.717, 1.165) is 11.5 Å². The number of aryl methyl sites for hydroxylation is 1. The van der Waals surface area contributed by atoms with Gasteiger partial charge in [-0.1, -0.05) is 6.07 Å². The van der Waals surface area contributed by atoms with Crippen molar-refractivity contribution in [3.8, 4) is 11.4 Å². The molecule has 2 heterocycles. The van der Waals surface area contributed by atoms with Crippen LogP contribution in [0.1, 0.15) is 11.5 Å². The van der Waals surface area contributed by atoms with Crippen molar-refractivity contribution in [1.82, 2.24) is 19.1 Å². The second-order valence-corrected chi connectivity index (χ2v) is 4.75. The van der Waals surface area contributed by atoms with Crippen molar-refractivity contribution >= 4 is 0 Å². The monoisotopic (exact) mass is 304 g/mol. The molecule has 0 radical (unpaired) electrons. The number of ether oxygens (including phenoxy) is 1. The topological polar surface area (TPSA) is 44.9 Å². The van der Waals surface area contributed by atoms with Gasteiger partial charge in [0, 0.05) is 24.7 Å². The minimum absolute atomic E-state index is 0.119. The highest BCUT2D eigenvalue weighted by atomic mass is 19.3. The zero-order valence-electron chi connectivity index (χ0n) is 11.9. The molecule has 0 fully saturated rings. The van der Waals surface area contributed by atoms with E-state index in [4.69, 9.17) is 0 Å². The smallest absolute Gasteiger partial charge is 0.387 e. The molecule has 0 unspecified atom stereocenters. The summed E-state index contributed by atoms with van der Waals surface area (Å²) in [6.45, 7) is -0.313. The average Bonchev–Trinajstić information content (AvgIpc) is 3.09. The molecule has 22 heavy (non-hydrogen) atoms. The Morgan fingerprint density at radius 3 is 2.86 bits per heavy atom. The van der Waals surface area contributed by atoms with Crippen LogP contribution in [0.3, 0.4) is 0 Å². The summed E-state index contributed by atoms with van der Waals surface area (Å²) in [4.78, 5) is 8.48. The van der Waals surface area contributed by atoms with Crippen molar-refractivity contribution in [3.63, 3.8) is 0 Å². The summed E-state index contributed by atoms with van der Waals surface area (Å²) >= 11 is 0. The Morgan fingerprint density at radius 2 is 2.14 bits per heavy atom. The van der Waals surface area contributed by atoms with Gasteiger partial charge in [-0.05, 0) is 19.1 Å². The third-order valence-electron chi connectivity index (χ3n) is 3.23. The molecule has 2 aromatic heterocycles. The van der Waals surface area contributed by atoms with Gasteiger partial charge in [0.1, 0.15) is 11.6 Å². The predicted molar refractivity (Wildman–Crippen MR) is 76.3 cm³/mol. The van der Waals surface area contributed by atoms with Crippen molar-refractivity contribution in [3.05, 3.63) is 60.7 Å². The van der Waals surface area contributed by atoms with Crippen LogP contribution in [0.25, 0.3) is 5.69 Å². The summed E-state index contributed by atoms with van der Waals surface area (Å²) in [7, 11) is 0. The fourth-order valence-corrected chi connectivity index (χ4v) is 2.15. The lowest BCUT2D eigenvalue weighted by Gasteiger charge is -2.07. The van der Waals surface area contributed by atoms with Crippen molar-refractivity contribution in [2.75, 3.05) is 0 Å². The number of nitrogens with zero attached hydrogens (tertiary/aromatic N) is 4. The number of alkyl halides is 2. The maximum Gasteiger partial charge on any atom is 0.387 e. The molecule has 0 atom stereocenters. The van der Waals surface area contributed by atoms with Crippen LogP contribution in [0.5, 0.6) is 5.75 Å². The number of halogens is 2. The molecule has 0 aliphatic carbocycles. The fraction of sp³-hybridized carbons (Fsp3) is 0.200. The number of benzene rings is 1. The van der Waals surface area contributed by atoms with Crippen LogP contribution >= 0.6 is 0 Å². The first-order valence-electron chi connectivity index (χ1n) is 6.67. The minimum Gasteiger partial charge on any atom is -0.435 e. The minimum atomic E-state index is -2.84. The Morgan fingerprint density at radius 1 is 1.27 bits per heavy atom. The second-order valence-electron chi connectivity index (χ2n) is 4.75. The van der Waals surface area contributed by atoms with Gasteiger partial charge in [-0.15, -0.1) is 0 Å². The molecule has 0 aliphatic heterocycles. The van der Waals surface area contributed by atoms with E-state index in [1.54, 1.807) is 35.3 Å². The number of hydrogen-bond donors (Lipinski definition) is 0. The quantitative estimate of drug-likeness (QED) is 0.728. The maximum absolute atomic E-state index is 12.3. The molecular weight excluding hydrogens is 290 g/mol. The molecule has 0 saturated carbocycles. The Bertz CT molecular complexity index is 766. The first-order valence-corrected chi connectivity index (χ1v) is 6.67. The molecule has 7 heteroatoms. The third kappa shape index (κ3) is 3.13. The average molecular weight is 304 g/mol. The highest BCUT2D eigenvalue weighted by molar-refractivity contribution is 5.39. The third-order valence-corrected chi connectivity index (χ3v) is 3.23. The number of rotatable bonds is 5. The Labute approximate surface area is 125 Å². The largest absolute Gasteiger partial charge is 0.435 e. The molecule has 0 bridgehead atoms. The molecule has 3 rings (SSSR count). The van der Waals surface area contributed by atoms with Gasteiger partial charge in [-0.3, -0.25) is 0 Å². The lowest BCUT2D eigenvalue weighted by atomic mass is 10.3. The number of hydrogen-bond acceptors (Lipinski definition) is 3. The maximum atomic E-state index is 12.3. The second kappa shape index (κ2) is 5.97. The molecule has 1 aromatic carbocycles. The lowest BCUT2D eigenvalue weighted by molar-refractivity contribution is -0.0498. The van der Waals surface area contributed by atoms with Crippen LogP contribution in [0.15, 0.2) is 49.2 Å². The van der Waals surface area contributed by atoms with Crippen LogP contribution in [0, 0.1) is 6.92 Å². The molecular formula is C15H14F2N4O. The van der Waals surface area contributed by atoms with E-state index in [1.165, 1.54) is 6.07 Å². The van der Waals surface area contributed by atoms with Crippen molar-refractivity contribution in [2.45, 2.75) is 20.1 Å². The Kier molecular flexibility index (Phi) is 3.86. The number of imidazole rings is 2. The summed E-state index contributed by atoms with van der Waals surface area (Å²) in [6.07, 6.45) is 7.10. The van der Waals surface area contributed by atoms with E-state index in [9.17, 15) is 8.78 Å². The molecule has 0 amide bonds. The Balaban J connectivity index is 1.80. The van der Waals surface area contributed by atoms with Crippen molar-refractivity contribution in [2.24, 2.45) is 0 Å². The summed E-state index contributed by atoms with van der Waals surface area (Å²) in [5.41, 5.74) is 1.56. The molecule has 0 N–H and O–H groups in total. The van der Waals surface area contributed by atoms with Crippen LogP contribution < -0.4 is 4.74 Å². The predicted octanol–water partition coefficient (Wildman–Crippen LogP) is 3.03. The molecule has 0 saturated heterocycles. The first kappa shape index (κ1) is 14.2. The van der Waals surface area contributed by atoms with Gasteiger partial charge in [0.2, 0.25) is 0 Å². The van der Waals surface area contributed by atoms with E-state index in [-0.39, 0.29) is 5.75 Å². The van der Waals surface area contributed by atoms with Gasteiger partial charge >= 0.3 is 6.61 Å². The summed E-state index contributed by atoms with van der Waals surface area (Å²) < 4.78 is 32.7. The molecule has 0 aliphatic rings. The summed E-state index contributed by atoms with van der Waals surface area (Å²) in [5, 5.41) is 0. The van der Waals surface area contributed by atoms with Gasteiger partial charge in [-0.25, -0.2) is 9.97 Å². The standard InChI is InChI=1S/C15H14F2N4O/c1-11-18-5-6-20(11)8-12-9-21(10-19-12)13-3-2-4-14(7-13)22-15(16)17/h2-7,9-10,15H,8H2,1H3. The highest BCUT2D eigenvalue weighted by Gasteiger charge is 2.07. The SMILES string of the molecule is Cc1nccn1Cc1cn(-c2cccc(OC(F)F)c2)cn1. The Hall–Kier alpha value is -2.70. The van der Waals surface area contributed by atoms with E-state index in [1.807, 2.05) is 23.9 Å². The van der Waals surface area contributed by atoms with Gasteiger partial charge in [0.15, 0.2) is 0 Å². The first-order chi connectivity index (χ1) is 10.6. The van der Waals surface area contributed by atoms with E-state index in [0.29, 0.717) is 12.2 Å². The van der Waals surface area contributed by atoms with E-state index >= 15 is 0 Å². The normalized spacial score (nSPS) is 11.1. The summed E-state index contributed by atoms with van der Waals surface area (Å²) in [6, 6.07) is 6.49. The van der Waals surface area contributed by atoms with Gasteiger partial charge in [-0.2, -0.15) is 8.78 Å². The van der Waals surface area contributed by atoms with Crippen LogP contribution in [-0.2, 0) is 6.54 Å². The summed E-state index contributed by atoms with van der Waals surface area (Å²) in [5.74, 6) is 1.02. The number of aromatic nitrogens is 4.